The highest BCUT2D eigenvalue weighted by Crippen LogP contribution is 2.52. The van der Waals surface area contributed by atoms with Crippen molar-refractivity contribution in [1.82, 2.24) is 23.7 Å². The van der Waals surface area contributed by atoms with Crippen LogP contribution in [0.15, 0.2) is 120 Å². The zero-order chi connectivity index (χ0) is 97.3. The van der Waals surface area contributed by atoms with Crippen LogP contribution >= 0.6 is 0 Å². The maximum absolute atomic E-state index is 3.48. The van der Waals surface area contributed by atoms with Gasteiger partial charge in [0.15, 0.2) is 0 Å². The molecule has 0 radical (unpaired) electrons. The van der Waals surface area contributed by atoms with Crippen LogP contribution in [0.1, 0.15) is 304 Å². The summed E-state index contributed by atoms with van der Waals surface area (Å²) in [5.74, 6) is 0.863. The van der Waals surface area contributed by atoms with Crippen molar-refractivity contribution < 1.29 is 0 Å². The van der Waals surface area contributed by atoms with E-state index in [-0.39, 0.29) is 10.8 Å². The van der Waals surface area contributed by atoms with E-state index >= 15 is 0 Å². The van der Waals surface area contributed by atoms with Gasteiger partial charge in [0.25, 0.3) is 0 Å². The highest BCUT2D eigenvalue weighted by Gasteiger charge is 2.38. The van der Waals surface area contributed by atoms with Crippen molar-refractivity contribution in [2.24, 2.45) is 21.1 Å². The Kier molecular flexibility index (Phi) is 25.3. The largest absolute Gasteiger partial charge is 0.361 e. The predicted molar refractivity (Wildman–Crippen MR) is 585 cm³/mol. The lowest BCUT2D eigenvalue weighted by Gasteiger charge is -2.31. The summed E-state index contributed by atoms with van der Waals surface area (Å²) in [5.41, 5.74) is 79.6. The lowest BCUT2D eigenvalue weighted by Crippen LogP contribution is -2.23. The molecule has 5 aliphatic carbocycles. The molecule has 2 unspecified atom stereocenters. The maximum atomic E-state index is 3.48. The molecular formula is C129H153N5. The molecule has 134 heavy (non-hydrogen) atoms. The van der Waals surface area contributed by atoms with Gasteiger partial charge in [-0.2, -0.15) is 0 Å². The Morgan fingerprint density at radius 1 is 0.276 bits per heavy atom. The van der Waals surface area contributed by atoms with Crippen LogP contribution in [0.5, 0.6) is 0 Å². The molecule has 0 saturated heterocycles. The normalized spacial score (nSPS) is 14.1. The third-order valence-corrected chi connectivity index (χ3v) is 35.9. The third-order valence-electron chi connectivity index (χ3n) is 35.9. The molecule has 5 heteroatoms. The van der Waals surface area contributed by atoms with Crippen LogP contribution in [0, 0.1) is 208 Å². The summed E-state index contributed by atoms with van der Waals surface area (Å²) in [7, 11) is 6.49. The van der Waals surface area contributed by atoms with Crippen molar-refractivity contribution >= 4 is 84.9 Å². The van der Waals surface area contributed by atoms with Crippen molar-refractivity contribution in [3.8, 4) is 0 Å². The Hall–Kier alpha value is -11.4. The first kappa shape index (κ1) is 95.7. The number of aromatic amines is 2. The van der Waals surface area contributed by atoms with Crippen molar-refractivity contribution in [3.05, 3.63) is 370 Å². The van der Waals surface area contributed by atoms with E-state index in [0.717, 1.165) is 38.5 Å². The molecule has 0 aliphatic heterocycles. The van der Waals surface area contributed by atoms with E-state index in [2.05, 4.69) is 416 Å². The van der Waals surface area contributed by atoms with E-state index in [1.807, 2.05) is 0 Å². The number of fused-ring (bicyclic) bond motifs is 10. The van der Waals surface area contributed by atoms with E-state index in [4.69, 9.17) is 0 Å². The van der Waals surface area contributed by atoms with Crippen molar-refractivity contribution in [2.45, 2.75) is 310 Å². The Morgan fingerprint density at radius 2 is 0.575 bits per heavy atom. The highest BCUT2D eigenvalue weighted by molar-refractivity contribution is 5.96. The molecule has 5 aliphatic rings. The Morgan fingerprint density at radius 3 is 0.993 bits per heavy atom. The molecule has 15 aromatic rings. The number of aromatic nitrogens is 5. The molecule has 5 aromatic heterocycles. The van der Waals surface area contributed by atoms with Crippen molar-refractivity contribution in [3.63, 3.8) is 0 Å². The summed E-state index contributed by atoms with van der Waals surface area (Å²) in [6.07, 6.45) is 29.6. The summed E-state index contributed by atoms with van der Waals surface area (Å²) in [6, 6.07) is 23.4. The molecule has 0 spiro atoms. The average molecular weight is 1770 g/mol. The lowest BCUT2D eigenvalue weighted by atomic mass is 9.72. The van der Waals surface area contributed by atoms with Gasteiger partial charge in [-0.15, -0.1) is 0 Å². The van der Waals surface area contributed by atoms with Crippen molar-refractivity contribution in [2.75, 3.05) is 0 Å². The Balaban J connectivity index is 0.000000122. The number of nitrogens with one attached hydrogen (secondary N) is 2. The molecule has 5 heterocycles. The predicted octanol–water partition coefficient (Wildman–Crippen LogP) is 33.6. The smallest absolute Gasteiger partial charge is 0.0513 e. The molecule has 2 N–H and O–H groups in total. The standard InChI is InChI=1S/C27H33N.2C26H31N.2C25H29N/c1-15-12-21-13-22(14-24(21)18(4)16(15)2)27(7,8)25-19(5)17(3)20(6)26-23(25)10-11-28(26)9;1-14-11-20-12-21(13-23(20)17(4)15(14)2)26(7,8)24-18(5)16(3)19(6)25-22(24)9-10-27-25;1-14-11-22-12-21(13-24(22)17(4)15(14)2)20(7)25-18(5)16(3)19(6)26-23(25)9-10-27(26)8;1-14-10-21-11-20(12-23(21)17(4)15(14)2)13-24-18(5)16(3)19(6)25-22(24)8-9-26(25)7;1-13-10-21-11-20(12-23(21)16(4)14(13)2)19(7)24-17(5)15(3)18(6)25-22(24)8-9-26-25/h10-12,14H,13H2,1-9H3;9-11,13,27H,12H2,1-8H3;9-11,13,20H,12H2,1-8H3;8-10,12H,11,13H2,1-7H3;8-10,12,19,26H,11H2,1-7H3. The van der Waals surface area contributed by atoms with Crippen LogP contribution in [0.25, 0.3) is 84.9 Å². The Bertz CT molecular complexity index is 7670. The number of benzene rings is 10. The molecule has 0 saturated carbocycles. The van der Waals surface area contributed by atoms with Crippen molar-refractivity contribution in [1.29, 1.82) is 0 Å². The number of aryl methyl sites for hydroxylation is 13. The van der Waals surface area contributed by atoms with Crippen LogP contribution in [0.2, 0.25) is 0 Å². The number of rotatable bonds is 10. The van der Waals surface area contributed by atoms with Gasteiger partial charge in [-0.25, -0.2) is 0 Å². The van der Waals surface area contributed by atoms with Gasteiger partial charge >= 0.3 is 0 Å². The number of hydrogen-bond acceptors (Lipinski definition) is 0. The molecular weight excluding hydrogens is 1620 g/mol. The molecule has 10 aromatic carbocycles. The maximum Gasteiger partial charge on any atom is 0.0513 e. The summed E-state index contributed by atoms with van der Waals surface area (Å²) in [5, 5.41) is 7.02. The van der Waals surface area contributed by atoms with Crippen LogP contribution in [-0.2, 0) is 70.5 Å². The molecule has 0 amide bonds. The molecule has 694 valence electrons. The third kappa shape index (κ3) is 15.7. The monoisotopic (exact) mass is 1770 g/mol. The van der Waals surface area contributed by atoms with Gasteiger partial charge in [-0.1, -0.05) is 130 Å². The van der Waals surface area contributed by atoms with Crippen LogP contribution < -0.4 is 0 Å². The van der Waals surface area contributed by atoms with Gasteiger partial charge in [0, 0.05) is 113 Å². The number of hydrogen-bond donors (Lipinski definition) is 2. The Labute approximate surface area is 804 Å². The SMILES string of the molecule is Cc1cc2c(c(C)c1C)C=C(C(C)(C)c1c(C)c(C)c(C)c3[nH]ccc13)C2.Cc1cc2c(c(C)c1C)C=C(C(C)(C)c1c(C)c(C)c(C)c3c1ccn3C)C2.Cc1cc2c(c(C)c1C)C=C(C(C)c1c(C)c(C)c(C)c3[nH]ccc13)C2.Cc1cc2c(c(C)c1C)C=C(C(C)c1c(C)c(C)c(C)c3c1ccn3C)C2.Cc1cc2c(c(C)c1C)C=C(Cc1c(C)c(C)c(C)c3c1ccn3C)C2. The fraction of sp³-hybridized carbons (Fsp3) is 0.380. The minimum Gasteiger partial charge on any atom is -0.361 e. The fourth-order valence-corrected chi connectivity index (χ4v) is 25.1. The van der Waals surface area contributed by atoms with E-state index in [9.17, 15) is 0 Å². The molecule has 0 bridgehead atoms. The van der Waals surface area contributed by atoms with Crippen LogP contribution in [0.4, 0.5) is 0 Å². The molecule has 5 nitrogen and oxygen atoms in total. The van der Waals surface area contributed by atoms with Crippen LogP contribution in [-0.4, -0.2) is 23.7 Å². The van der Waals surface area contributed by atoms with E-state index in [0.29, 0.717) is 11.8 Å². The molecule has 20 rings (SSSR count). The minimum absolute atomic E-state index is 0.00371. The van der Waals surface area contributed by atoms with Gasteiger partial charge in [-0.3, -0.25) is 0 Å². The van der Waals surface area contributed by atoms with Gasteiger partial charge in [-0.05, 0) is 527 Å². The molecule has 0 fully saturated rings. The average Bonchev–Trinajstić information content (AvgIpc) is 1.55. The topological polar surface area (TPSA) is 46.4 Å². The van der Waals surface area contributed by atoms with E-state index < -0.39 is 0 Å². The first-order chi connectivity index (χ1) is 63.0. The second kappa shape index (κ2) is 35.4. The van der Waals surface area contributed by atoms with Crippen LogP contribution in [0.3, 0.4) is 0 Å². The van der Waals surface area contributed by atoms with E-state index in [1.165, 1.54) is 316 Å². The minimum atomic E-state index is -0.00455. The second-order valence-electron chi connectivity index (χ2n) is 43.4. The number of nitrogens with zero attached hydrogens (tertiary/aromatic N) is 3. The molecule has 2 atom stereocenters. The van der Waals surface area contributed by atoms with Gasteiger partial charge in [0.1, 0.15) is 0 Å². The first-order valence-corrected chi connectivity index (χ1v) is 49.8. The van der Waals surface area contributed by atoms with Gasteiger partial charge in [0.2, 0.25) is 0 Å². The zero-order valence-corrected chi connectivity index (χ0v) is 89.3. The summed E-state index contributed by atoms with van der Waals surface area (Å²) in [6.45, 7) is 82.4. The summed E-state index contributed by atoms with van der Waals surface area (Å²) >= 11 is 0. The highest BCUT2D eigenvalue weighted by atomic mass is 14.9. The van der Waals surface area contributed by atoms with Gasteiger partial charge < -0.3 is 23.7 Å². The number of H-pyrrole nitrogens is 2. The zero-order valence-electron chi connectivity index (χ0n) is 89.3. The quantitative estimate of drug-likeness (QED) is 0.137. The first-order valence-electron chi connectivity index (χ1n) is 49.8. The lowest BCUT2D eigenvalue weighted by molar-refractivity contribution is 0.616. The fourth-order valence-electron chi connectivity index (χ4n) is 25.1. The number of allylic oxidation sites excluding steroid dienone is 5. The second-order valence-corrected chi connectivity index (χ2v) is 43.4. The van der Waals surface area contributed by atoms with E-state index in [1.54, 1.807) is 16.7 Å². The summed E-state index contributed by atoms with van der Waals surface area (Å²) in [4.78, 5) is 6.94. The van der Waals surface area contributed by atoms with Gasteiger partial charge in [0.05, 0.1) is 16.6 Å². The summed E-state index contributed by atoms with van der Waals surface area (Å²) < 4.78 is 6.84.